The van der Waals surface area contributed by atoms with Gasteiger partial charge in [-0.3, -0.25) is 24.9 Å². The molecule has 0 spiro atoms. The van der Waals surface area contributed by atoms with Gasteiger partial charge in [-0.05, 0) is 6.92 Å². The molecule has 2 aromatic heterocycles. The van der Waals surface area contributed by atoms with Crippen molar-refractivity contribution >= 4 is 28.1 Å². The second kappa shape index (κ2) is 4.53. The van der Waals surface area contributed by atoms with E-state index in [4.69, 9.17) is 0 Å². The molecule has 0 atom stereocenters. The highest BCUT2D eigenvalue weighted by Crippen LogP contribution is 2.21. The summed E-state index contributed by atoms with van der Waals surface area (Å²) in [5, 5.41) is 17.4. The van der Waals surface area contributed by atoms with Crippen molar-refractivity contribution in [3.05, 3.63) is 33.1 Å². The van der Waals surface area contributed by atoms with Crippen LogP contribution in [-0.2, 0) is 7.05 Å². The van der Waals surface area contributed by atoms with Gasteiger partial charge < -0.3 is 0 Å². The molecular formula is C9H9N5O3S. The van der Waals surface area contributed by atoms with Crippen LogP contribution in [0.25, 0.3) is 0 Å². The summed E-state index contributed by atoms with van der Waals surface area (Å²) in [5.41, 5.74) is -0.434. The van der Waals surface area contributed by atoms with E-state index in [2.05, 4.69) is 15.4 Å². The lowest BCUT2D eigenvalue weighted by molar-refractivity contribution is -0.385. The van der Waals surface area contributed by atoms with Crippen molar-refractivity contribution < 1.29 is 9.72 Å². The van der Waals surface area contributed by atoms with Gasteiger partial charge >= 0.3 is 5.69 Å². The average molecular weight is 267 g/mol. The smallest absolute Gasteiger partial charge is 0.296 e. The van der Waals surface area contributed by atoms with E-state index in [9.17, 15) is 14.9 Å². The van der Waals surface area contributed by atoms with Gasteiger partial charge in [0, 0.05) is 18.1 Å². The number of aryl methyl sites for hydroxylation is 2. The molecule has 0 aromatic carbocycles. The summed E-state index contributed by atoms with van der Waals surface area (Å²) in [5.74, 6) is -0.601. The highest BCUT2D eigenvalue weighted by Gasteiger charge is 2.25. The molecule has 8 nitrogen and oxygen atoms in total. The minimum absolute atomic E-state index is 0.104. The quantitative estimate of drug-likeness (QED) is 0.667. The lowest BCUT2D eigenvalue weighted by Gasteiger charge is -2.01. The van der Waals surface area contributed by atoms with Gasteiger partial charge in [0.25, 0.3) is 5.91 Å². The molecule has 0 saturated heterocycles. The maximum atomic E-state index is 11.9. The van der Waals surface area contributed by atoms with Crippen LogP contribution < -0.4 is 5.32 Å². The molecule has 0 aliphatic rings. The molecule has 0 aliphatic heterocycles. The first-order valence-electron chi connectivity index (χ1n) is 4.89. The Morgan fingerprint density at radius 1 is 1.56 bits per heavy atom. The Morgan fingerprint density at radius 2 is 2.28 bits per heavy atom. The highest BCUT2D eigenvalue weighted by atomic mass is 32.1. The summed E-state index contributed by atoms with van der Waals surface area (Å²) in [6.07, 6.45) is 2.65. The largest absolute Gasteiger partial charge is 0.320 e. The fourth-order valence-corrected chi connectivity index (χ4v) is 2.05. The molecule has 0 saturated carbocycles. The van der Waals surface area contributed by atoms with Gasteiger partial charge in [-0.1, -0.05) is 0 Å². The second-order valence-electron chi connectivity index (χ2n) is 3.49. The molecule has 2 aromatic rings. The number of anilines is 1. The molecule has 18 heavy (non-hydrogen) atoms. The molecule has 94 valence electrons. The first kappa shape index (κ1) is 12.2. The van der Waals surface area contributed by atoms with Crippen LogP contribution in [0.3, 0.4) is 0 Å². The summed E-state index contributed by atoms with van der Waals surface area (Å²) in [6.45, 7) is 1.85. The SMILES string of the molecule is Cc1cnc(NC(=O)c2c([N+](=O)[O-])cnn2C)s1. The summed E-state index contributed by atoms with van der Waals surface area (Å²) in [4.78, 5) is 26.9. The number of nitrogens with one attached hydrogen (secondary N) is 1. The van der Waals surface area contributed by atoms with Gasteiger partial charge in [0.2, 0.25) is 5.69 Å². The highest BCUT2D eigenvalue weighted by molar-refractivity contribution is 7.15. The van der Waals surface area contributed by atoms with E-state index in [1.165, 1.54) is 18.4 Å². The molecule has 0 fully saturated rings. The van der Waals surface area contributed by atoms with Crippen LogP contribution in [0.15, 0.2) is 12.4 Å². The van der Waals surface area contributed by atoms with Crippen LogP contribution >= 0.6 is 11.3 Å². The summed E-state index contributed by atoms with van der Waals surface area (Å²) in [6, 6.07) is 0. The summed E-state index contributed by atoms with van der Waals surface area (Å²) in [7, 11) is 1.47. The van der Waals surface area contributed by atoms with Gasteiger partial charge in [-0.25, -0.2) is 4.98 Å². The van der Waals surface area contributed by atoms with Crippen molar-refractivity contribution in [3.63, 3.8) is 0 Å². The Kier molecular flexibility index (Phi) is 3.06. The number of nitro groups is 1. The fourth-order valence-electron chi connectivity index (χ4n) is 1.39. The topological polar surface area (TPSA) is 103 Å². The molecule has 1 amide bonds. The molecule has 2 heterocycles. The zero-order valence-corrected chi connectivity index (χ0v) is 10.4. The van der Waals surface area contributed by atoms with E-state index in [-0.39, 0.29) is 11.4 Å². The number of nitrogens with zero attached hydrogens (tertiary/aromatic N) is 4. The first-order chi connectivity index (χ1) is 8.49. The summed E-state index contributed by atoms with van der Waals surface area (Å²) < 4.78 is 1.16. The molecule has 0 bridgehead atoms. The van der Waals surface area contributed by atoms with Crippen LogP contribution in [0.4, 0.5) is 10.8 Å². The predicted molar refractivity (Wildman–Crippen MR) is 64.7 cm³/mol. The maximum absolute atomic E-state index is 11.9. The van der Waals surface area contributed by atoms with Crippen molar-refractivity contribution in [1.82, 2.24) is 14.8 Å². The third-order valence-corrected chi connectivity index (χ3v) is 3.00. The molecular weight excluding hydrogens is 258 g/mol. The Bertz CT molecular complexity index is 618. The number of carbonyl (C=O) groups is 1. The van der Waals surface area contributed by atoms with Gasteiger partial charge in [0.1, 0.15) is 6.20 Å². The third kappa shape index (κ3) is 2.20. The molecule has 0 unspecified atom stereocenters. The molecule has 2 rings (SSSR count). The predicted octanol–water partition coefficient (Wildman–Crippen LogP) is 1.35. The first-order valence-corrected chi connectivity index (χ1v) is 5.71. The van der Waals surface area contributed by atoms with E-state index in [1.54, 1.807) is 6.20 Å². The van der Waals surface area contributed by atoms with Gasteiger partial charge in [0.05, 0.1) is 4.92 Å². The van der Waals surface area contributed by atoms with Crippen LogP contribution in [0.5, 0.6) is 0 Å². The van der Waals surface area contributed by atoms with Crippen LogP contribution in [0.1, 0.15) is 15.4 Å². The maximum Gasteiger partial charge on any atom is 0.320 e. The number of rotatable bonds is 3. The molecule has 1 N–H and O–H groups in total. The molecule has 0 aliphatic carbocycles. The lowest BCUT2D eigenvalue weighted by Crippen LogP contribution is -2.17. The normalized spacial score (nSPS) is 10.3. The van der Waals surface area contributed by atoms with Crippen LogP contribution in [0, 0.1) is 17.0 Å². The minimum atomic E-state index is -0.644. The Balaban J connectivity index is 2.29. The third-order valence-electron chi connectivity index (χ3n) is 2.17. The number of carbonyl (C=O) groups excluding carboxylic acids is 1. The minimum Gasteiger partial charge on any atom is -0.296 e. The average Bonchev–Trinajstić information content (AvgIpc) is 2.85. The standard InChI is InChI=1S/C9H9N5O3S/c1-5-3-10-9(18-5)12-8(15)7-6(14(16)17)4-11-13(7)2/h3-4H,1-2H3,(H,10,12,15). The van der Waals surface area contributed by atoms with E-state index in [0.717, 1.165) is 15.8 Å². The number of amides is 1. The Labute approximate surface area is 105 Å². The Morgan fingerprint density at radius 3 is 2.83 bits per heavy atom. The monoisotopic (exact) mass is 267 g/mol. The van der Waals surface area contributed by atoms with Gasteiger partial charge in [-0.2, -0.15) is 5.10 Å². The number of hydrogen-bond donors (Lipinski definition) is 1. The van der Waals surface area contributed by atoms with Gasteiger partial charge in [0.15, 0.2) is 5.13 Å². The molecule has 0 radical (unpaired) electrons. The van der Waals surface area contributed by atoms with Gasteiger partial charge in [-0.15, -0.1) is 11.3 Å². The van der Waals surface area contributed by atoms with Crippen LogP contribution in [-0.4, -0.2) is 25.6 Å². The van der Waals surface area contributed by atoms with Crippen LogP contribution in [0.2, 0.25) is 0 Å². The fraction of sp³-hybridized carbons (Fsp3) is 0.222. The van der Waals surface area contributed by atoms with Crippen molar-refractivity contribution in [2.24, 2.45) is 7.05 Å². The lowest BCUT2D eigenvalue weighted by atomic mass is 10.3. The zero-order valence-electron chi connectivity index (χ0n) is 9.58. The summed E-state index contributed by atoms with van der Waals surface area (Å²) >= 11 is 1.29. The van der Waals surface area contributed by atoms with E-state index in [0.29, 0.717) is 5.13 Å². The number of hydrogen-bond acceptors (Lipinski definition) is 6. The van der Waals surface area contributed by atoms with Crippen molar-refractivity contribution in [3.8, 4) is 0 Å². The van der Waals surface area contributed by atoms with E-state index < -0.39 is 10.8 Å². The molecule has 9 heteroatoms. The van der Waals surface area contributed by atoms with E-state index >= 15 is 0 Å². The van der Waals surface area contributed by atoms with Crippen molar-refractivity contribution in [1.29, 1.82) is 0 Å². The van der Waals surface area contributed by atoms with Crippen molar-refractivity contribution in [2.75, 3.05) is 5.32 Å². The number of aromatic nitrogens is 3. The second-order valence-corrected chi connectivity index (χ2v) is 4.72. The van der Waals surface area contributed by atoms with E-state index in [1.807, 2.05) is 6.92 Å². The number of thiazole rings is 1. The Hall–Kier alpha value is -2.29. The van der Waals surface area contributed by atoms with Crippen molar-refractivity contribution in [2.45, 2.75) is 6.92 Å². The zero-order chi connectivity index (χ0) is 13.3.